The van der Waals surface area contributed by atoms with Gasteiger partial charge in [-0.2, -0.15) is 13.2 Å². The molecule has 0 unspecified atom stereocenters. The highest BCUT2D eigenvalue weighted by molar-refractivity contribution is 5.67. The van der Waals surface area contributed by atoms with Gasteiger partial charge in [0.05, 0.1) is 0 Å². The predicted molar refractivity (Wildman–Crippen MR) is 100 cm³/mol. The lowest BCUT2D eigenvalue weighted by Gasteiger charge is -2.37. The van der Waals surface area contributed by atoms with E-state index >= 15 is 0 Å². The van der Waals surface area contributed by atoms with Crippen molar-refractivity contribution in [2.24, 2.45) is 0 Å². The molecule has 1 aliphatic rings. The van der Waals surface area contributed by atoms with Crippen LogP contribution in [0.25, 0.3) is 6.08 Å². The molecule has 1 aliphatic heterocycles. The Hall–Kier alpha value is -2.96. The molecule has 28 heavy (non-hydrogen) atoms. The van der Waals surface area contributed by atoms with Gasteiger partial charge in [-0.15, -0.1) is 0 Å². The smallest absolute Gasteiger partial charge is 0.431 e. The van der Waals surface area contributed by atoms with E-state index in [2.05, 4.69) is 0 Å². The van der Waals surface area contributed by atoms with Crippen LogP contribution in [0.4, 0.5) is 18.0 Å². The second-order valence-electron chi connectivity index (χ2n) is 6.45. The van der Waals surface area contributed by atoms with Gasteiger partial charge in [-0.05, 0) is 17.2 Å². The first-order valence-electron chi connectivity index (χ1n) is 8.98. The summed E-state index contributed by atoms with van der Waals surface area (Å²) in [6, 6.07) is 17.6. The van der Waals surface area contributed by atoms with Gasteiger partial charge in [0.2, 0.25) is 0 Å². The number of halogens is 3. The molecule has 3 rings (SSSR count). The fourth-order valence-corrected chi connectivity index (χ4v) is 3.00. The number of ether oxygens (including phenoxy) is 1. The van der Waals surface area contributed by atoms with Gasteiger partial charge in [0.1, 0.15) is 12.3 Å². The van der Waals surface area contributed by atoms with Gasteiger partial charge in [0.25, 0.3) is 0 Å². The third-order valence-corrected chi connectivity index (χ3v) is 4.48. The number of alkyl halides is 3. The molecule has 2 aromatic carbocycles. The first kappa shape index (κ1) is 19.8. The van der Waals surface area contributed by atoms with Crippen LogP contribution in [0.15, 0.2) is 66.4 Å². The van der Waals surface area contributed by atoms with Crippen molar-refractivity contribution in [1.29, 1.82) is 0 Å². The number of rotatable bonds is 4. The highest BCUT2D eigenvalue weighted by Gasteiger charge is 2.39. The molecule has 0 aromatic heterocycles. The fourth-order valence-electron chi connectivity index (χ4n) is 3.00. The summed E-state index contributed by atoms with van der Waals surface area (Å²) in [7, 11) is 0. The van der Waals surface area contributed by atoms with Crippen LogP contribution in [0.2, 0.25) is 0 Å². The van der Waals surface area contributed by atoms with E-state index in [0.29, 0.717) is 5.56 Å². The lowest BCUT2D eigenvalue weighted by Crippen LogP contribution is -2.50. The highest BCUT2D eigenvalue weighted by atomic mass is 19.4. The number of piperazine rings is 1. The van der Waals surface area contributed by atoms with Crippen molar-refractivity contribution in [3.05, 3.63) is 77.5 Å². The van der Waals surface area contributed by atoms with Crippen LogP contribution in [-0.4, -0.2) is 48.2 Å². The second kappa shape index (κ2) is 8.82. The van der Waals surface area contributed by atoms with Gasteiger partial charge in [0, 0.05) is 26.2 Å². The number of carbonyl (C=O) groups excluding carboxylic acids is 1. The minimum Gasteiger partial charge on any atom is -0.445 e. The Morgan fingerprint density at radius 2 is 1.43 bits per heavy atom. The van der Waals surface area contributed by atoms with Crippen LogP contribution in [0.3, 0.4) is 0 Å². The molecule has 1 heterocycles. The van der Waals surface area contributed by atoms with Crippen LogP contribution in [0.1, 0.15) is 11.1 Å². The van der Waals surface area contributed by atoms with E-state index in [1.165, 1.54) is 9.80 Å². The van der Waals surface area contributed by atoms with Gasteiger partial charge in [-0.1, -0.05) is 60.7 Å². The Kier molecular flexibility index (Phi) is 6.23. The van der Waals surface area contributed by atoms with Crippen LogP contribution in [-0.2, 0) is 11.3 Å². The molecule has 148 valence electrons. The summed E-state index contributed by atoms with van der Waals surface area (Å²) >= 11 is 0. The fraction of sp³-hybridized carbons (Fsp3) is 0.286. The Labute approximate surface area is 161 Å². The van der Waals surface area contributed by atoms with E-state index < -0.39 is 18.0 Å². The molecule has 0 atom stereocenters. The van der Waals surface area contributed by atoms with Crippen molar-refractivity contribution >= 4 is 12.2 Å². The maximum atomic E-state index is 13.5. The standard InChI is InChI=1S/C21H21F3N2O2/c22-21(23,24)19(15-17-7-3-1-4-8-17)25-11-13-26(14-12-25)20(27)28-16-18-9-5-2-6-10-18/h1-10,15H,11-14,16H2/b19-15-. The van der Waals surface area contributed by atoms with E-state index in [0.717, 1.165) is 11.6 Å². The van der Waals surface area contributed by atoms with Crippen LogP contribution in [0.5, 0.6) is 0 Å². The second-order valence-corrected chi connectivity index (χ2v) is 6.45. The van der Waals surface area contributed by atoms with Crippen molar-refractivity contribution in [2.75, 3.05) is 26.2 Å². The number of benzene rings is 2. The van der Waals surface area contributed by atoms with E-state index in [1.807, 2.05) is 30.3 Å². The molecule has 1 saturated heterocycles. The van der Waals surface area contributed by atoms with Gasteiger partial charge in [-0.25, -0.2) is 4.79 Å². The summed E-state index contributed by atoms with van der Waals surface area (Å²) in [5, 5.41) is 0. The van der Waals surface area contributed by atoms with Crippen molar-refractivity contribution in [1.82, 2.24) is 9.80 Å². The maximum Gasteiger partial charge on any atom is 0.431 e. The first-order chi connectivity index (χ1) is 13.4. The molecule has 0 spiro atoms. The zero-order chi connectivity index (χ0) is 20.0. The van der Waals surface area contributed by atoms with E-state index in [9.17, 15) is 18.0 Å². The van der Waals surface area contributed by atoms with Crippen molar-refractivity contribution in [3.8, 4) is 0 Å². The molecule has 0 saturated carbocycles. The largest absolute Gasteiger partial charge is 0.445 e. The maximum absolute atomic E-state index is 13.5. The predicted octanol–water partition coefficient (Wildman–Crippen LogP) is 4.54. The lowest BCUT2D eigenvalue weighted by molar-refractivity contribution is -0.112. The summed E-state index contributed by atoms with van der Waals surface area (Å²) in [4.78, 5) is 14.9. The molecule has 1 fully saturated rings. The Morgan fingerprint density at radius 3 is 2.00 bits per heavy atom. The molecule has 2 aromatic rings. The number of nitrogens with zero attached hydrogens (tertiary/aromatic N) is 2. The van der Waals surface area contributed by atoms with Crippen LogP contribution >= 0.6 is 0 Å². The summed E-state index contributed by atoms with van der Waals surface area (Å²) < 4.78 is 45.9. The molecule has 4 nitrogen and oxygen atoms in total. The van der Waals surface area contributed by atoms with Gasteiger partial charge in [0.15, 0.2) is 0 Å². The average molecular weight is 390 g/mol. The lowest BCUT2D eigenvalue weighted by atomic mass is 10.1. The topological polar surface area (TPSA) is 32.8 Å². The number of carbonyl (C=O) groups is 1. The zero-order valence-corrected chi connectivity index (χ0v) is 15.2. The Bertz CT molecular complexity index is 799. The number of amides is 1. The van der Waals surface area contributed by atoms with Crippen molar-refractivity contribution in [3.63, 3.8) is 0 Å². The Balaban J connectivity index is 1.59. The first-order valence-corrected chi connectivity index (χ1v) is 8.98. The van der Waals surface area contributed by atoms with E-state index in [4.69, 9.17) is 4.74 Å². The van der Waals surface area contributed by atoms with Gasteiger partial charge in [-0.3, -0.25) is 0 Å². The molecule has 0 radical (unpaired) electrons. The molecule has 7 heteroatoms. The zero-order valence-electron chi connectivity index (χ0n) is 15.2. The quantitative estimate of drug-likeness (QED) is 0.768. The molecular formula is C21H21F3N2O2. The number of hydrogen-bond acceptors (Lipinski definition) is 3. The third kappa shape index (κ3) is 5.28. The van der Waals surface area contributed by atoms with Gasteiger partial charge < -0.3 is 14.5 Å². The minimum atomic E-state index is -4.47. The molecular weight excluding hydrogens is 369 g/mol. The van der Waals surface area contributed by atoms with Crippen molar-refractivity contribution in [2.45, 2.75) is 12.8 Å². The van der Waals surface area contributed by atoms with E-state index in [-0.39, 0.29) is 32.8 Å². The van der Waals surface area contributed by atoms with Crippen molar-refractivity contribution < 1.29 is 22.7 Å². The van der Waals surface area contributed by atoms with Crippen LogP contribution in [0, 0.1) is 0 Å². The van der Waals surface area contributed by atoms with Gasteiger partial charge >= 0.3 is 12.3 Å². The minimum absolute atomic E-state index is 0.0958. The molecule has 0 aliphatic carbocycles. The normalized spacial score (nSPS) is 15.5. The SMILES string of the molecule is O=C(OCc1ccccc1)N1CCN(/C(=C\c2ccccc2)C(F)(F)F)CC1. The summed E-state index contributed by atoms with van der Waals surface area (Å²) in [6.45, 7) is 0.685. The summed E-state index contributed by atoms with van der Waals surface area (Å²) in [6.07, 6.45) is -3.83. The van der Waals surface area contributed by atoms with Crippen LogP contribution < -0.4 is 0 Å². The highest BCUT2D eigenvalue weighted by Crippen LogP contribution is 2.31. The molecule has 0 N–H and O–H groups in total. The molecule has 0 bridgehead atoms. The average Bonchev–Trinajstić information content (AvgIpc) is 2.71. The number of allylic oxidation sites excluding steroid dienone is 1. The van der Waals surface area contributed by atoms with E-state index in [1.54, 1.807) is 30.3 Å². The summed E-state index contributed by atoms with van der Waals surface area (Å²) in [5.74, 6) is 0. The Morgan fingerprint density at radius 1 is 0.893 bits per heavy atom. The summed E-state index contributed by atoms with van der Waals surface area (Å²) in [5.41, 5.74) is 0.648. The monoisotopic (exact) mass is 390 g/mol. The molecule has 1 amide bonds. The number of hydrogen-bond donors (Lipinski definition) is 0. The third-order valence-electron chi connectivity index (χ3n) is 4.48.